The molecule has 1 amide bonds. The fourth-order valence-electron chi connectivity index (χ4n) is 1.91. The monoisotopic (exact) mass is 405 g/mol. The average molecular weight is 405 g/mol. The minimum absolute atomic E-state index is 0.393. The summed E-state index contributed by atoms with van der Waals surface area (Å²) in [6.07, 6.45) is 0.323. The van der Waals surface area contributed by atoms with Crippen molar-refractivity contribution in [2.75, 3.05) is 19.8 Å². The van der Waals surface area contributed by atoms with Crippen molar-refractivity contribution in [2.24, 2.45) is 0 Å². The average Bonchev–Trinajstić information content (AvgIpc) is 2.37. The second-order valence-electron chi connectivity index (χ2n) is 5.77. The van der Waals surface area contributed by atoms with E-state index in [-0.39, 0.29) is 0 Å². The molecule has 116 valence electrons. The van der Waals surface area contributed by atoms with Gasteiger partial charge in [-0.1, -0.05) is 0 Å². The van der Waals surface area contributed by atoms with Gasteiger partial charge in [-0.15, -0.1) is 0 Å². The number of carbonyl (C=O) groups is 1. The first-order valence-corrected chi connectivity index (χ1v) is 7.98. The molecular weight excluding hydrogens is 385 g/mol. The molecule has 0 fully saturated rings. The molecule has 2 rings (SSSR count). The van der Waals surface area contributed by atoms with E-state index in [1.165, 1.54) is 0 Å². The third-order valence-electron chi connectivity index (χ3n) is 2.77. The summed E-state index contributed by atoms with van der Waals surface area (Å²) in [5, 5.41) is 2.76. The number of amides is 1. The van der Waals surface area contributed by atoms with Gasteiger partial charge in [0, 0.05) is 10.1 Å². The van der Waals surface area contributed by atoms with E-state index in [1.807, 2.05) is 32.9 Å². The summed E-state index contributed by atoms with van der Waals surface area (Å²) in [5.41, 5.74) is 0.645. The van der Waals surface area contributed by atoms with Gasteiger partial charge in [0.05, 0.1) is 0 Å². The first-order chi connectivity index (χ1) is 9.85. The summed E-state index contributed by atoms with van der Waals surface area (Å²) in [5.74, 6) is 1.56. The van der Waals surface area contributed by atoms with Crippen molar-refractivity contribution in [1.29, 1.82) is 0 Å². The lowest BCUT2D eigenvalue weighted by molar-refractivity contribution is 0.0528. The number of carbonyl (C=O) groups excluding carboxylic acids is 1. The van der Waals surface area contributed by atoms with Crippen molar-refractivity contribution in [1.82, 2.24) is 5.32 Å². The highest BCUT2D eigenvalue weighted by Gasteiger charge is 2.17. The molecule has 0 aromatic heterocycles. The molecule has 1 aromatic carbocycles. The van der Waals surface area contributed by atoms with Crippen LogP contribution in [0.15, 0.2) is 12.1 Å². The molecule has 1 aromatic rings. The molecule has 0 atom stereocenters. The van der Waals surface area contributed by atoms with Gasteiger partial charge >= 0.3 is 6.09 Å². The van der Waals surface area contributed by atoms with Gasteiger partial charge in [0.15, 0.2) is 11.5 Å². The third-order valence-corrected chi connectivity index (χ3v) is 3.78. The normalized spacial score (nSPS) is 13.7. The molecule has 0 aliphatic carbocycles. The second-order valence-corrected chi connectivity index (χ2v) is 6.93. The molecule has 0 saturated carbocycles. The Balaban J connectivity index is 1.90. The van der Waals surface area contributed by atoms with Gasteiger partial charge in [-0.05, 0) is 67.5 Å². The largest absolute Gasteiger partial charge is 0.486 e. The first-order valence-electron chi connectivity index (χ1n) is 6.90. The lowest BCUT2D eigenvalue weighted by Crippen LogP contribution is -2.33. The number of fused-ring (bicyclic) bond motifs is 1. The van der Waals surface area contributed by atoms with Crippen LogP contribution in [0.4, 0.5) is 4.79 Å². The Bertz CT molecular complexity index is 525. The molecule has 1 heterocycles. The molecule has 1 aliphatic rings. The Morgan fingerprint density at radius 3 is 2.52 bits per heavy atom. The molecule has 0 bridgehead atoms. The number of benzene rings is 1. The minimum Gasteiger partial charge on any atom is -0.486 e. The fourth-order valence-corrected chi connectivity index (χ4v) is 2.62. The molecule has 21 heavy (non-hydrogen) atoms. The van der Waals surface area contributed by atoms with Crippen LogP contribution in [0.2, 0.25) is 0 Å². The molecule has 0 radical (unpaired) electrons. The zero-order valence-electron chi connectivity index (χ0n) is 12.5. The van der Waals surface area contributed by atoms with Crippen LogP contribution < -0.4 is 14.8 Å². The Morgan fingerprint density at radius 1 is 1.29 bits per heavy atom. The van der Waals surface area contributed by atoms with Crippen LogP contribution in [0, 0.1) is 3.57 Å². The molecule has 1 N–H and O–H groups in total. The van der Waals surface area contributed by atoms with Gasteiger partial charge in [0.25, 0.3) is 0 Å². The lowest BCUT2D eigenvalue weighted by Gasteiger charge is -2.21. The maximum Gasteiger partial charge on any atom is 0.407 e. The Labute approximate surface area is 138 Å². The zero-order valence-corrected chi connectivity index (χ0v) is 14.7. The van der Waals surface area contributed by atoms with Crippen LogP contribution in [-0.2, 0) is 11.2 Å². The first kappa shape index (κ1) is 16.2. The summed E-state index contributed by atoms with van der Waals surface area (Å²) in [6.45, 7) is 7.21. The fraction of sp³-hybridized carbons (Fsp3) is 0.533. The predicted molar refractivity (Wildman–Crippen MR) is 88.1 cm³/mol. The number of alkyl carbamates (subject to hydrolysis) is 1. The van der Waals surface area contributed by atoms with Gasteiger partial charge < -0.3 is 19.5 Å². The van der Waals surface area contributed by atoms with E-state index in [0.717, 1.165) is 20.6 Å². The quantitative estimate of drug-likeness (QED) is 0.786. The second kappa shape index (κ2) is 6.72. The van der Waals surface area contributed by atoms with Crippen molar-refractivity contribution < 1.29 is 19.0 Å². The summed E-state index contributed by atoms with van der Waals surface area (Å²) in [4.78, 5) is 11.6. The highest BCUT2D eigenvalue weighted by Crippen LogP contribution is 2.33. The number of ether oxygens (including phenoxy) is 3. The minimum atomic E-state index is -0.477. The van der Waals surface area contributed by atoms with Crippen molar-refractivity contribution in [3.8, 4) is 11.5 Å². The van der Waals surface area contributed by atoms with Gasteiger partial charge in [-0.25, -0.2) is 4.79 Å². The molecule has 6 heteroatoms. The van der Waals surface area contributed by atoms with Crippen molar-refractivity contribution in [3.05, 3.63) is 21.3 Å². The number of nitrogens with one attached hydrogen (secondary N) is 1. The van der Waals surface area contributed by atoms with E-state index < -0.39 is 11.7 Å². The van der Waals surface area contributed by atoms with Crippen molar-refractivity contribution >= 4 is 28.7 Å². The van der Waals surface area contributed by atoms with E-state index >= 15 is 0 Å². The highest BCUT2D eigenvalue weighted by atomic mass is 127. The lowest BCUT2D eigenvalue weighted by atomic mass is 10.1. The van der Waals surface area contributed by atoms with Crippen LogP contribution in [-0.4, -0.2) is 31.5 Å². The SMILES string of the molecule is CC(C)(C)OC(=O)NCCc1cc2c(cc1I)OCCO2. The molecule has 0 spiro atoms. The molecule has 5 nitrogen and oxygen atoms in total. The molecule has 0 unspecified atom stereocenters. The van der Waals surface area contributed by atoms with Crippen LogP contribution >= 0.6 is 22.6 Å². The van der Waals surface area contributed by atoms with E-state index in [9.17, 15) is 4.79 Å². The smallest absolute Gasteiger partial charge is 0.407 e. The van der Waals surface area contributed by atoms with Gasteiger partial charge in [0.2, 0.25) is 0 Å². The standard InChI is InChI=1S/C15H20INO4/c1-15(2,3)21-14(18)17-5-4-10-8-12-13(9-11(10)16)20-7-6-19-12/h8-9H,4-7H2,1-3H3,(H,17,18). The topological polar surface area (TPSA) is 56.8 Å². The van der Waals surface area contributed by atoms with Crippen molar-refractivity contribution in [2.45, 2.75) is 32.8 Å². The zero-order chi connectivity index (χ0) is 15.5. The maximum atomic E-state index is 11.6. The van der Waals surface area contributed by atoms with E-state index in [0.29, 0.717) is 26.2 Å². The highest BCUT2D eigenvalue weighted by molar-refractivity contribution is 14.1. The summed E-state index contributed by atoms with van der Waals surface area (Å²) >= 11 is 2.27. The predicted octanol–water partition coefficient (Wildman–Crippen LogP) is 3.13. The third kappa shape index (κ3) is 4.94. The van der Waals surface area contributed by atoms with Crippen LogP contribution in [0.1, 0.15) is 26.3 Å². The van der Waals surface area contributed by atoms with Crippen LogP contribution in [0.25, 0.3) is 0 Å². The summed E-state index contributed by atoms with van der Waals surface area (Å²) in [6, 6.07) is 3.95. The number of hydrogen-bond acceptors (Lipinski definition) is 4. The Hall–Kier alpha value is -1.18. The molecule has 1 aliphatic heterocycles. The Kier molecular flexibility index (Phi) is 5.18. The molecule has 0 saturated heterocycles. The van der Waals surface area contributed by atoms with Gasteiger partial charge in [0.1, 0.15) is 18.8 Å². The maximum absolute atomic E-state index is 11.6. The van der Waals surface area contributed by atoms with Crippen LogP contribution in [0.3, 0.4) is 0 Å². The van der Waals surface area contributed by atoms with Gasteiger partial charge in [-0.3, -0.25) is 0 Å². The number of rotatable bonds is 3. The Morgan fingerprint density at radius 2 is 1.90 bits per heavy atom. The number of halogens is 1. The van der Waals surface area contributed by atoms with E-state index in [1.54, 1.807) is 0 Å². The van der Waals surface area contributed by atoms with Gasteiger partial charge in [-0.2, -0.15) is 0 Å². The number of hydrogen-bond donors (Lipinski definition) is 1. The molecular formula is C15H20INO4. The van der Waals surface area contributed by atoms with Crippen LogP contribution in [0.5, 0.6) is 11.5 Å². The summed E-state index contributed by atoms with van der Waals surface area (Å²) < 4.78 is 17.4. The van der Waals surface area contributed by atoms with Crippen molar-refractivity contribution in [3.63, 3.8) is 0 Å². The summed E-state index contributed by atoms with van der Waals surface area (Å²) in [7, 11) is 0. The van der Waals surface area contributed by atoms with E-state index in [4.69, 9.17) is 14.2 Å². The van der Waals surface area contributed by atoms with E-state index in [2.05, 4.69) is 27.9 Å².